The van der Waals surface area contributed by atoms with E-state index in [-0.39, 0.29) is 25.4 Å². The Balaban J connectivity index is 0.000000193. The third-order valence-electron chi connectivity index (χ3n) is 19.7. The molecule has 8 aromatic rings. The number of nitrogens with zero attached hydrogens (tertiary/aromatic N) is 15. The van der Waals surface area contributed by atoms with Crippen molar-refractivity contribution in [1.82, 2.24) is 54.2 Å². The van der Waals surface area contributed by atoms with Crippen LogP contribution in [0.25, 0.3) is 21.8 Å². The summed E-state index contributed by atoms with van der Waals surface area (Å²) in [5, 5.41) is 12.0. The van der Waals surface area contributed by atoms with Crippen molar-refractivity contribution in [2.45, 2.75) is 149 Å². The summed E-state index contributed by atoms with van der Waals surface area (Å²) in [7, 11) is -3.67. The van der Waals surface area contributed by atoms with Gasteiger partial charge in [-0.15, -0.1) is 0 Å². The second-order valence-electron chi connectivity index (χ2n) is 29.8. The molecule has 1 atom stereocenters. The molecule has 101 heavy (non-hydrogen) atoms. The van der Waals surface area contributed by atoms with E-state index in [4.69, 9.17) is 53.8 Å². The van der Waals surface area contributed by atoms with Gasteiger partial charge in [-0.2, -0.15) is 20.2 Å². The maximum atomic E-state index is 13.0. The highest BCUT2D eigenvalue weighted by atomic mass is 32.2. The van der Waals surface area contributed by atoms with Gasteiger partial charge < -0.3 is 58.0 Å². The van der Waals surface area contributed by atoms with E-state index in [1.165, 1.54) is 54.7 Å². The Hall–Kier alpha value is -8.02. The van der Waals surface area contributed by atoms with Crippen LogP contribution in [-0.4, -0.2) is 198 Å². The maximum absolute atomic E-state index is 13.0. The highest BCUT2D eigenvalue weighted by molar-refractivity contribution is 7.84. The predicted molar refractivity (Wildman–Crippen MR) is 404 cm³/mol. The van der Waals surface area contributed by atoms with Crippen molar-refractivity contribution < 1.29 is 37.5 Å². The minimum Gasteiger partial charge on any atom is -0.463 e. The number of benzene rings is 4. The lowest BCUT2D eigenvalue weighted by Crippen LogP contribution is -2.49. The van der Waals surface area contributed by atoms with Crippen LogP contribution < -0.4 is 24.3 Å². The Morgan fingerprint density at radius 1 is 0.515 bits per heavy atom. The third kappa shape index (κ3) is 18.8. The van der Waals surface area contributed by atoms with Crippen molar-refractivity contribution >= 4 is 84.0 Å². The van der Waals surface area contributed by atoms with Crippen molar-refractivity contribution in [2.75, 3.05) is 131 Å². The van der Waals surface area contributed by atoms with Gasteiger partial charge in [-0.25, -0.2) is 28.9 Å². The zero-order chi connectivity index (χ0) is 70.6. The Morgan fingerprint density at radius 3 is 1.45 bits per heavy atom. The number of fused-ring (bicyclic) bond motifs is 4. The van der Waals surface area contributed by atoms with Crippen LogP contribution >= 0.6 is 0 Å². The molecule has 2 amide bonds. The van der Waals surface area contributed by atoms with Crippen molar-refractivity contribution in [1.29, 1.82) is 0 Å². The first-order valence-corrected chi connectivity index (χ1v) is 45.2. The molecule has 3 saturated heterocycles. The van der Waals surface area contributed by atoms with E-state index in [1.807, 2.05) is 82.4 Å². The van der Waals surface area contributed by atoms with Crippen molar-refractivity contribution in [3.8, 4) is 6.01 Å². The standard InChI is InChI=1S/C41H58N8O4Si.C34H45N7O4SSi/c1-32-14-15-37-35(28-42-49(37)31-51-26-27-54(2,3)4)38(32)48-20-16-34-36(29-48)43-40(52-25-11-19-45-17-9-6-10-18-45)44-39(34)46-21-23-47(24-22-46)41(50)53-30-33-12-7-5-8-13-33;1-25-11-12-30-28(21-35-41(30)24-44-19-20-47(3,4)5)31(25)40-14-13-27-29(22-40)36-33(46(2)43)37-32(27)38-15-17-39(18-16-38)34(42)45-23-26-9-7-6-8-10-26/h5,7-8,12-15,28H,6,9-11,16-27,29-31H2,1-4H3;6-12,21H,13-20,22-24H2,1-5H3. The number of ether oxygens (including phenoxy) is 5. The van der Waals surface area contributed by atoms with Crippen LogP contribution in [0.4, 0.5) is 32.6 Å². The van der Waals surface area contributed by atoms with Crippen LogP contribution in [0.2, 0.25) is 51.4 Å². The van der Waals surface area contributed by atoms with Gasteiger partial charge in [0, 0.05) is 130 Å². The Kier molecular flexibility index (Phi) is 24.1. The van der Waals surface area contributed by atoms with Gasteiger partial charge in [0.1, 0.15) is 38.3 Å². The molecule has 1 unspecified atom stereocenters. The molecule has 0 saturated carbocycles. The van der Waals surface area contributed by atoms with Gasteiger partial charge in [-0.1, -0.05) is 118 Å². The van der Waals surface area contributed by atoms with E-state index in [0.717, 1.165) is 131 Å². The Bertz CT molecular complexity index is 4130. The number of aryl methyl sites for hydroxylation is 2. The van der Waals surface area contributed by atoms with E-state index >= 15 is 0 Å². The minimum absolute atomic E-state index is 0.252. The first kappa shape index (κ1) is 72.8. The van der Waals surface area contributed by atoms with Crippen LogP contribution in [-0.2, 0) is 82.4 Å². The zero-order valence-corrected chi connectivity index (χ0v) is 63.6. The van der Waals surface area contributed by atoms with Gasteiger partial charge in [-0.05, 0) is 106 Å². The topological polar surface area (TPSA) is 207 Å². The number of hydrogen-bond acceptors (Lipinski definition) is 19. The summed E-state index contributed by atoms with van der Waals surface area (Å²) in [4.78, 5) is 60.9. The second kappa shape index (κ2) is 33.4. The Morgan fingerprint density at radius 2 is 0.980 bits per heavy atom. The van der Waals surface area contributed by atoms with E-state index in [2.05, 4.69) is 102 Å². The molecule has 9 heterocycles. The SMILES string of the molecule is Cc1ccc2c(cnn2COCC[Si](C)(C)C)c1N1CCc2c(nc(OCCCN3CCCCC3)nc2N2CCN(C(=O)OCc3ccccc3)CC2)C1.Cc1ccc2c(cnn2COCC[Si](C)(C)C)c1N1CCc2c(nc(S(C)=O)nc2N2CCN(C(=O)OCc3ccccc3)CC2)C1. The Labute approximate surface area is 599 Å². The third-order valence-corrected chi connectivity index (χ3v) is 23.8. The number of carbonyl (C=O) groups is 2. The number of amides is 2. The quantitative estimate of drug-likeness (QED) is 0.0313. The van der Waals surface area contributed by atoms with Crippen LogP contribution in [0.5, 0.6) is 6.01 Å². The molecule has 5 aliphatic heterocycles. The number of piperidine rings is 1. The van der Waals surface area contributed by atoms with Crippen LogP contribution in [0, 0.1) is 13.8 Å². The monoisotopic (exact) mass is 1430 g/mol. The van der Waals surface area contributed by atoms with Gasteiger partial charge in [0.15, 0.2) is 0 Å². The molecule has 26 heteroatoms. The molecule has 4 aromatic heterocycles. The van der Waals surface area contributed by atoms with Gasteiger partial charge >= 0.3 is 18.2 Å². The number of piperazine rings is 2. The molecule has 23 nitrogen and oxygen atoms in total. The van der Waals surface area contributed by atoms with Gasteiger partial charge in [0.2, 0.25) is 5.16 Å². The lowest BCUT2D eigenvalue weighted by atomic mass is 10.0. The maximum Gasteiger partial charge on any atom is 0.410 e. The van der Waals surface area contributed by atoms with E-state index < -0.39 is 26.9 Å². The second-order valence-corrected chi connectivity index (χ2v) is 42.3. The molecule has 0 aliphatic carbocycles. The average Bonchev–Trinajstić information content (AvgIpc) is 1.75. The molecule has 0 spiro atoms. The first-order valence-electron chi connectivity index (χ1n) is 36.2. The van der Waals surface area contributed by atoms with E-state index in [0.29, 0.717) is 96.7 Å². The van der Waals surface area contributed by atoms with Crippen LogP contribution in [0.1, 0.15) is 70.5 Å². The molecule has 0 N–H and O–H groups in total. The summed E-state index contributed by atoms with van der Waals surface area (Å²) in [5.74, 6) is 1.76. The fourth-order valence-electron chi connectivity index (χ4n) is 13.9. The number of aromatic nitrogens is 8. The number of carbonyl (C=O) groups excluding carboxylic acids is 2. The molecule has 0 bridgehead atoms. The lowest BCUT2D eigenvalue weighted by molar-refractivity contribution is 0.0816. The summed E-state index contributed by atoms with van der Waals surface area (Å²) in [6, 6.07) is 30.8. The molecule has 540 valence electrons. The van der Waals surface area contributed by atoms with E-state index in [1.54, 1.807) is 16.1 Å². The smallest absolute Gasteiger partial charge is 0.410 e. The van der Waals surface area contributed by atoms with Gasteiger partial charge in [0.05, 0.1) is 76.7 Å². The molecular formula is C75H103N15O8SSi2. The van der Waals surface area contributed by atoms with Crippen molar-refractivity contribution in [3.05, 3.63) is 142 Å². The summed E-state index contributed by atoms with van der Waals surface area (Å²) in [6.07, 6.45) is 11.4. The minimum atomic E-state index is -1.34. The fourth-order valence-corrected chi connectivity index (χ4v) is 15.9. The molecule has 5 aliphatic rings. The molecular weight excluding hydrogens is 1330 g/mol. The zero-order valence-electron chi connectivity index (χ0n) is 60.8. The van der Waals surface area contributed by atoms with Gasteiger partial charge in [0.25, 0.3) is 0 Å². The van der Waals surface area contributed by atoms with Crippen molar-refractivity contribution in [2.24, 2.45) is 0 Å². The lowest BCUT2D eigenvalue weighted by Gasteiger charge is -2.38. The van der Waals surface area contributed by atoms with E-state index in [9.17, 15) is 13.8 Å². The molecule has 13 rings (SSSR count). The molecule has 4 aromatic carbocycles. The predicted octanol–water partition coefficient (Wildman–Crippen LogP) is 11.9. The largest absolute Gasteiger partial charge is 0.463 e. The highest BCUT2D eigenvalue weighted by Gasteiger charge is 2.34. The van der Waals surface area contributed by atoms with Crippen LogP contribution in [0.15, 0.2) is 102 Å². The summed E-state index contributed by atoms with van der Waals surface area (Å²) in [6.45, 7) is 33.0. The summed E-state index contributed by atoms with van der Waals surface area (Å²) < 4.78 is 46.3. The summed E-state index contributed by atoms with van der Waals surface area (Å²) in [5.41, 5.74) is 12.9. The normalized spacial score (nSPS) is 16.4. The first-order chi connectivity index (χ1) is 48.8. The van der Waals surface area contributed by atoms with Crippen LogP contribution in [0.3, 0.4) is 0 Å². The highest BCUT2D eigenvalue weighted by Crippen LogP contribution is 2.39. The number of hydrogen-bond donors (Lipinski definition) is 0. The van der Waals surface area contributed by atoms with Crippen molar-refractivity contribution in [3.63, 3.8) is 0 Å². The number of anilines is 4. The van der Waals surface area contributed by atoms with Gasteiger partial charge in [-0.3, -0.25) is 4.21 Å². The molecule has 3 fully saturated rings. The summed E-state index contributed by atoms with van der Waals surface area (Å²) >= 11 is 0. The molecule has 0 radical (unpaired) electrons. The number of rotatable bonds is 24. The number of likely N-dealkylation sites (tertiary alicyclic amines) is 1. The average molecular weight is 1430 g/mol. The fraction of sp³-hybridized carbons (Fsp3) is 0.520.